The molecule has 0 unspecified atom stereocenters. The van der Waals surface area contributed by atoms with E-state index in [0.717, 1.165) is 25.9 Å². The summed E-state index contributed by atoms with van der Waals surface area (Å²) in [6.07, 6.45) is 2.24. The Balaban J connectivity index is 2.13. The van der Waals surface area contributed by atoms with Crippen molar-refractivity contribution in [1.82, 2.24) is 15.0 Å². The number of amides is 1. The Bertz CT molecular complexity index is 416. The summed E-state index contributed by atoms with van der Waals surface area (Å²) >= 11 is 0. The molecule has 5 N–H and O–H groups in total. The van der Waals surface area contributed by atoms with E-state index < -0.39 is 5.91 Å². The highest BCUT2D eigenvalue weighted by Crippen LogP contribution is 2.17. The number of rotatable bonds is 4. The van der Waals surface area contributed by atoms with Gasteiger partial charge in [-0.1, -0.05) is 0 Å². The van der Waals surface area contributed by atoms with Gasteiger partial charge in [-0.05, 0) is 12.8 Å². The van der Waals surface area contributed by atoms with Crippen LogP contribution in [0.15, 0.2) is 0 Å². The number of nitrogen functional groups attached to an aromatic ring is 1. The van der Waals surface area contributed by atoms with Crippen LogP contribution in [-0.2, 0) is 4.79 Å². The van der Waals surface area contributed by atoms with Crippen molar-refractivity contribution in [3.05, 3.63) is 0 Å². The molecule has 8 heteroatoms. The van der Waals surface area contributed by atoms with E-state index in [1.807, 2.05) is 4.90 Å². The zero-order valence-electron chi connectivity index (χ0n) is 9.39. The van der Waals surface area contributed by atoms with Crippen LogP contribution in [0.3, 0.4) is 0 Å². The number of nitrogens with one attached hydrogen (secondary N) is 1. The molecular weight excluding hydrogens is 222 g/mol. The topological polar surface area (TPSA) is 123 Å². The number of nitrogens with zero attached hydrogens (tertiary/aromatic N) is 4. The Morgan fingerprint density at radius 2 is 2.00 bits per heavy atom. The highest BCUT2D eigenvalue weighted by Gasteiger charge is 2.16. The maximum atomic E-state index is 10.6. The quantitative estimate of drug-likeness (QED) is 0.610. The van der Waals surface area contributed by atoms with Gasteiger partial charge < -0.3 is 21.7 Å². The van der Waals surface area contributed by atoms with Crippen LogP contribution >= 0.6 is 0 Å². The number of carbonyl (C=O) groups is 1. The minimum atomic E-state index is -0.480. The van der Waals surface area contributed by atoms with Gasteiger partial charge in [0.25, 0.3) is 0 Å². The first kappa shape index (κ1) is 11.4. The number of aromatic nitrogens is 3. The van der Waals surface area contributed by atoms with Crippen LogP contribution < -0.4 is 21.7 Å². The predicted octanol–water partition coefficient (Wildman–Crippen LogP) is -1.05. The maximum Gasteiger partial charge on any atom is 0.236 e. The molecule has 0 bridgehead atoms. The van der Waals surface area contributed by atoms with Crippen molar-refractivity contribution in [2.24, 2.45) is 5.73 Å². The van der Waals surface area contributed by atoms with Crippen molar-refractivity contribution in [1.29, 1.82) is 0 Å². The molecule has 8 nitrogen and oxygen atoms in total. The Hall–Kier alpha value is -2.12. The van der Waals surface area contributed by atoms with Crippen molar-refractivity contribution in [2.45, 2.75) is 12.8 Å². The van der Waals surface area contributed by atoms with Gasteiger partial charge >= 0.3 is 0 Å². The van der Waals surface area contributed by atoms with Crippen LogP contribution in [0.4, 0.5) is 17.8 Å². The fraction of sp³-hybridized carbons (Fsp3) is 0.556. The molecule has 0 atom stereocenters. The average Bonchev–Trinajstić information content (AvgIpc) is 2.79. The molecule has 1 aromatic heterocycles. The smallest absolute Gasteiger partial charge is 0.236 e. The zero-order valence-corrected chi connectivity index (χ0v) is 9.39. The molecule has 92 valence electrons. The highest BCUT2D eigenvalue weighted by atomic mass is 16.1. The third-order valence-corrected chi connectivity index (χ3v) is 2.45. The number of hydrogen-bond acceptors (Lipinski definition) is 7. The predicted molar refractivity (Wildman–Crippen MR) is 63.4 cm³/mol. The molecule has 1 amide bonds. The van der Waals surface area contributed by atoms with E-state index in [0.29, 0.717) is 5.95 Å². The zero-order chi connectivity index (χ0) is 12.3. The lowest BCUT2D eigenvalue weighted by molar-refractivity contribution is -0.116. The first-order chi connectivity index (χ1) is 8.15. The van der Waals surface area contributed by atoms with Crippen molar-refractivity contribution in [2.75, 3.05) is 35.6 Å². The number of carbonyl (C=O) groups excluding carboxylic acids is 1. The summed E-state index contributed by atoms with van der Waals surface area (Å²) in [6, 6.07) is 0. The van der Waals surface area contributed by atoms with Gasteiger partial charge in [0.1, 0.15) is 0 Å². The number of hydrogen-bond donors (Lipinski definition) is 3. The largest absolute Gasteiger partial charge is 0.368 e. The Morgan fingerprint density at radius 1 is 1.29 bits per heavy atom. The molecule has 0 aliphatic carbocycles. The Morgan fingerprint density at radius 3 is 2.65 bits per heavy atom. The molecule has 17 heavy (non-hydrogen) atoms. The normalized spacial score (nSPS) is 14.9. The third kappa shape index (κ3) is 2.92. The third-order valence-electron chi connectivity index (χ3n) is 2.45. The Labute approximate surface area is 98.4 Å². The van der Waals surface area contributed by atoms with Crippen molar-refractivity contribution >= 4 is 23.8 Å². The van der Waals surface area contributed by atoms with E-state index in [2.05, 4.69) is 20.3 Å². The molecule has 1 fully saturated rings. The second kappa shape index (κ2) is 4.81. The first-order valence-corrected chi connectivity index (χ1v) is 5.44. The van der Waals surface area contributed by atoms with E-state index in [-0.39, 0.29) is 18.4 Å². The molecule has 0 saturated carbocycles. The van der Waals surface area contributed by atoms with Gasteiger partial charge in [-0.2, -0.15) is 15.0 Å². The van der Waals surface area contributed by atoms with Crippen molar-refractivity contribution < 1.29 is 4.79 Å². The van der Waals surface area contributed by atoms with Crippen LogP contribution in [0.2, 0.25) is 0 Å². The SMILES string of the molecule is NC(=O)CNc1nc(N)nc(N2CCCC2)n1. The summed E-state index contributed by atoms with van der Waals surface area (Å²) < 4.78 is 0. The summed E-state index contributed by atoms with van der Waals surface area (Å²) in [5, 5.41) is 2.71. The number of primary amides is 1. The molecule has 0 radical (unpaired) electrons. The summed E-state index contributed by atoms with van der Waals surface area (Å²) in [7, 11) is 0. The number of anilines is 3. The summed E-state index contributed by atoms with van der Waals surface area (Å²) in [5.41, 5.74) is 10.6. The molecule has 1 aliphatic rings. The molecule has 0 aromatic carbocycles. The lowest BCUT2D eigenvalue weighted by Crippen LogP contribution is -2.25. The van der Waals surface area contributed by atoms with Crippen molar-refractivity contribution in [3.8, 4) is 0 Å². The fourth-order valence-electron chi connectivity index (χ4n) is 1.68. The molecule has 1 aliphatic heterocycles. The Kier molecular flexibility index (Phi) is 3.22. The second-order valence-electron chi connectivity index (χ2n) is 3.83. The van der Waals surface area contributed by atoms with Gasteiger partial charge in [0.05, 0.1) is 6.54 Å². The molecule has 1 saturated heterocycles. The van der Waals surface area contributed by atoms with Gasteiger partial charge in [-0.15, -0.1) is 0 Å². The first-order valence-electron chi connectivity index (χ1n) is 5.44. The molecule has 2 heterocycles. The standard InChI is InChI=1S/C9H15N7O/c10-6(17)5-12-8-13-7(11)14-9(15-8)16-3-1-2-4-16/h1-5H2,(H2,10,17)(H3,11,12,13,14,15). The highest BCUT2D eigenvalue weighted by molar-refractivity contribution is 5.78. The van der Waals surface area contributed by atoms with Gasteiger partial charge in [0.15, 0.2) is 0 Å². The van der Waals surface area contributed by atoms with Crippen LogP contribution in [-0.4, -0.2) is 40.5 Å². The van der Waals surface area contributed by atoms with E-state index in [1.54, 1.807) is 0 Å². The average molecular weight is 237 g/mol. The fourth-order valence-corrected chi connectivity index (χ4v) is 1.68. The number of nitrogens with two attached hydrogens (primary N) is 2. The minimum absolute atomic E-state index is 0.0249. The molecule has 0 spiro atoms. The van der Waals surface area contributed by atoms with E-state index in [4.69, 9.17) is 11.5 Å². The van der Waals surface area contributed by atoms with E-state index in [1.165, 1.54) is 0 Å². The van der Waals surface area contributed by atoms with E-state index >= 15 is 0 Å². The monoisotopic (exact) mass is 237 g/mol. The summed E-state index contributed by atoms with van der Waals surface area (Å²) in [4.78, 5) is 24.8. The van der Waals surface area contributed by atoms with Crippen LogP contribution in [0.5, 0.6) is 0 Å². The van der Waals surface area contributed by atoms with Crippen LogP contribution in [0.25, 0.3) is 0 Å². The van der Waals surface area contributed by atoms with Crippen LogP contribution in [0, 0.1) is 0 Å². The van der Waals surface area contributed by atoms with Gasteiger partial charge in [-0.25, -0.2) is 0 Å². The minimum Gasteiger partial charge on any atom is -0.368 e. The lowest BCUT2D eigenvalue weighted by Gasteiger charge is -2.15. The molecule has 1 aromatic rings. The summed E-state index contributed by atoms with van der Waals surface area (Å²) in [5.74, 6) is 0.473. The summed E-state index contributed by atoms with van der Waals surface area (Å²) in [6.45, 7) is 1.81. The van der Waals surface area contributed by atoms with Gasteiger partial charge in [0, 0.05) is 13.1 Å². The van der Waals surface area contributed by atoms with Gasteiger partial charge in [-0.3, -0.25) is 4.79 Å². The molecule has 2 rings (SSSR count). The van der Waals surface area contributed by atoms with Crippen molar-refractivity contribution in [3.63, 3.8) is 0 Å². The lowest BCUT2D eigenvalue weighted by atomic mass is 10.4. The molecular formula is C9H15N7O. The van der Waals surface area contributed by atoms with Crippen LogP contribution in [0.1, 0.15) is 12.8 Å². The van der Waals surface area contributed by atoms with E-state index in [9.17, 15) is 4.79 Å². The second-order valence-corrected chi connectivity index (χ2v) is 3.83. The van der Waals surface area contributed by atoms with Gasteiger partial charge in [0.2, 0.25) is 23.8 Å². The maximum absolute atomic E-state index is 10.6.